The van der Waals surface area contributed by atoms with Gasteiger partial charge in [0, 0.05) is 21.5 Å². The summed E-state index contributed by atoms with van der Waals surface area (Å²) in [6.07, 6.45) is 0. The molecule has 1 heterocycles. The van der Waals surface area contributed by atoms with E-state index in [1.165, 1.54) is 27.6 Å². The Morgan fingerprint density at radius 2 is 1.50 bits per heavy atom. The molecule has 1 aliphatic carbocycles. The third-order valence-corrected chi connectivity index (χ3v) is 7.27. The number of rotatable bonds is 4. The molecule has 0 saturated carbocycles. The third kappa shape index (κ3) is 2.63. The highest BCUT2D eigenvalue weighted by Gasteiger charge is 2.36. The van der Waals surface area contributed by atoms with Crippen molar-refractivity contribution in [2.24, 2.45) is 0 Å². The van der Waals surface area contributed by atoms with Crippen molar-refractivity contribution in [1.82, 2.24) is 0 Å². The fourth-order valence-electron chi connectivity index (χ4n) is 4.78. The van der Waals surface area contributed by atoms with Crippen LogP contribution in [-0.2, 0) is 4.65 Å². The molecule has 1 aromatic heterocycles. The van der Waals surface area contributed by atoms with Crippen LogP contribution in [0.4, 0.5) is 0 Å². The van der Waals surface area contributed by atoms with Crippen molar-refractivity contribution in [3.05, 3.63) is 66.7 Å². The van der Waals surface area contributed by atoms with E-state index in [9.17, 15) is 5.11 Å². The Hall–Kier alpha value is -3.08. The van der Waals surface area contributed by atoms with E-state index in [-0.39, 0.29) is 0 Å². The molecule has 0 atom stereocenters. The SMILES string of the molecule is CC(C)(O)C(C)(C)OBc1cccc2c1-c1cc3c4ccccc4oc3c3cccc-2c13. The van der Waals surface area contributed by atoms with Gasteiger partial charge in [-0.1, -0.05) is 54.6 Å². The van der Waals surface area contributed by atoms with Crippen LogP contribution in [-0.4, -0.2) is 23.8 Å². The number of benzene rings is 4. The number of para-hydroxylation sites is 1. The van der Waals surface area contributed by atoms with Gasteiger partial charge in [0.2, 0.25) is 0 Å². The number of hydrogen-bond acceptors (Lipinski definition) is 3. The van der Waals surface area contributed by atoms with Crippen LogP contribution in [0.25, 0.3) is 55.0 Å². The van der Waals surface area contributed by atoms with Crippen molar-refractivity contribution in [2.75, 3.05) is 0 Å². The molecule has 0 aliphatic heterocycles. The number of fused-ring (bicyclic) bond motifs is 7. The van der Waals surface area contributed by atoms with Gasteiger partial charge in [-0.3, -0.25) is 0 Å². The molecule has 4 aromatic carbocycles. The zero-order chi connectivity index (χ0) is 22.3. The summed E-state index contributed by atoms with van der Waals surface area (Å²) >= 11 is 0. The lowest BCUT2D eigenvalue weighted by molar-refractivity contribution is -0.0893. The summed E-state index contributed by atoms with van der Waals surface area (Å²) in [6, 6.07) is 23.4. The van der Waals surface area contributed by atoms with Crippen molar-refractivity contribution < 1.29 is 14.2 Å². The molecule has 0 unspecified atom stereocenters. The fraction of sp³-hybridized carbons (Fsp3) is 0.214. The van der Waals surface area contributed by atoms with Crippen molar-refractivity contribution in [2.45, 2.75) is 38.9 Å². The zero-order valence-corrected chi connectivity index (χ0v) is 18.8. The van der Waals surface area contributed by atoms with Crippen LogP contribution in [0.5, 0.6) is 0 Å². The average molecular weight is 420 g/mol. The standard InChI is InChI=1S/C28H25BO3/c1-27(2,30)28(3,4)32-29-22-13-8-11-18-17-10-7-12-19-24(17)21(25(18)22)15-20-16-9-5-6-14-23(16)31-26(19)20/h5-15,29-30H,1-4H3. The lowest BCUT2D eigenvalue weighted by Gasteiger charge is -2.37. The lowest BCUT2D eigenvalue weighted by atomic mass is 9.78. The van der Waals surface area contributed by atoms with Crippen molar-refractivity contribution in [1.29, 1.82) is 0 Å². The van der Waals surface area contributed by atoms with Gasteiger partial charge in [0.25, 0.3) is 0 Å². The molecule has 4 heteroatoms. The molecule has 0 fully saturated rings. The largest absolute Gasteiger partial charge is 0.455 e. The first kappa shape index (κ1) is 19.6. The Morgan fingerprint density at radius 1 is 0.781 bits per heavy atom. The summed E-state index contributed by atoms with van der Waals surface area (Å²) in [4.78, 5) is 0. The van der Waals surface area contributed by atoms with Crippen molar-refractivity contribution in [3.8, 4) is 22.3 Å². The van der Waals surface area contributed by atoms with E-state index in [2.05, 4.69) is 54.6 Å². The summed E-state index contributed by atoms with van der Waals surface area (Å²) in [7, 11) is 0.430. The smallest absolute Gasteiger partial charge is 0.310 e. The highest BCUT2D eigenvalue weighted by atomic mass is 16.5. The lowest BCUT2D eigenvalue weighted by Crippen LogP contribution is -2.49. The first-order valence-corrected chi connectivity index (χ1v) is 11.1. The van der Waals surface area contributed by atoms with Gasteiger partial charge in [-0.25, -0.2) is 0 Å². The second-order valence-corrected chi connectivity index (χ2v) is 9.82. The fourth-order valence-corrected chi connectivity index (χ4v) is 4.78. The van der Waals surface area contributed by atoms with Crippen LogP contribution in [0.1, 0.15) is 27.7 Å². The first-order chi connectivity index (χ1) is 15.3. The maximum Gasteiger partial charge on any atom is 0.310 e. The van der Waals surface area contributed by atoms with Gasteiger partial charge in [0.05, 0.1) is 11.2 Å². The minimum atomic E-state index is -0.949. The Kier molecular flexibility index (Phi) is 3.96. The minimum absolute atomic E-state index is 0.430. The highest BCUT2D eigenvalue weighted by Crippen LogP contribution is 2.49. The highest BCUT2D eigenvalue weighted by molar-refractivity contribution is 6.51. The van der Waals surface area contributed by atoms with Crippen molar-refractivity contribution >= 4 is 45.7 Å². The van der Waals surface area contributed by atoms with E-state index >= 15 is 0 Å². The molecule has 0 amide bonds. The van der Waals surface area contributed by atoms with E-state index in [0.29, 0.717) is 7.48 Å². The number of aliphatic hydroxyl groups is 1. The molecule has 0 bridgehead atoms. The second-order valence-electron chi connectivity index (χ2n) is 9.82. The number of hydrogen-bond donors (Lipinski definition) is 1. The van der Waals surface area contributed by atoms with Gasteiger partial charge in [-0.05, 0) is 67.5 Å². The Bertz CT molecular complexity index is 1540. The van der Waals surface area contributed by atoms with Gasteiger partial charge < -0.3 is 14.2 Å². The summed E-state index contributed by atoms with van der Waals surface area (Å²) in [5.74, 6) is 0. The molecule has 158 valence electrons. The van der Waals surface area contributed by atoms with Crippen LogP contribution < -0.4 is 5.46 Å². The monoisotopic (exact) mass is 420 g/mol. The quantitative estimate of drug-likeness (QED) is 0.360. The Balaban J connectivity index is 1.59. The molecular formula is C28H25BO3. The Morgan fingerprint density at radius 3 is 2.31 bits per heavy atom. The van der Waals surface area contributed by atoms with Gasteiger partial charge in [0.15, 0.2) is 0 Å². The maximum absolute atomic E-state index is 10.5. The molecule has 1 aliphatic rings. The molecule has 5 aromatic rings. The third-order valence-electron chi connectivity index (χ3n) is 7.27. The summed E-state index contributed by atoms with van der Waals surface area (Å²) in [5, 5.41) is 15.2. The summed E-state index contributed by atoms with van der Waals surface area (Å²) < 4.78 is 12.6. The van der Waals surface area contributed by atoms with Gasteiger partial charge in [0.1, 0.15) is 11.2 Å². The second kappa shape index (κ2) is 6.47. The molecule has 6 rings (SSSR count). The predicted molar refractivity (Wildman–Crippen MR) is 134 cm³/mol. The van der Waals surface area contributed by atoms with Crippen molar-refractivity contribution in [3.63, 3.8) is 0 Å². The van der Waals surface area contributed by atoms with E-state index < -0.39 is 11.2 Å². The molecule has 32 heavy (non-hydrogen) atoms. The van der Waals surface area contributed by atoms with Gasteiger partial charge in [-0.2, -0.15) is 0 Å². The molecular weight excluding hydrogens is 395 g/mol. The topological polar surface area (TPSA) is 42.6 Å². The van der Waals surface area contributed by atoms with Gasteiger partial charge in [-0.15, -0.1) is 0 Å². The van der Waals surface area contributed by atoms with Crippen LogP contribution in [0.2, 0.25) is 0 Å². The van der Waals surface area contributed by atoms with Crippen LogP contribution >= 0.6 is 0 Å². The minimum Gasteiger partial charge on any atom is -0.455 e. The maximum atomic E-state index is 10.5. The van der Waals surface area contributed by atoms with E-state index in [0.717, 1.165) is 32.8 Å². The predicted octanol–water partition coefficient (Wildman–Crippen LogP) is 5.93. The molecule has 1 N–H and O–H groups in total. The Labute approximate surface area is 187 Å². The molecule has 3 nitrogen and oxygen atoms in total. The molecule has 0 radical (unpaired) electrons. The number of furan rings is 1. The normalized spacial score (nSPS) is 13.3. The molecule has 0 saturated heterocycles. The van der Waals surface area contributed by atoms with Gasteiger partial charge >= 0.3 is 7.48 Å². The van der Waals surface area contributed by atoms with Crippen LogP contribution in [0, 0.1) is 0 Å². The summed E-state index contributed by atoms with van der Waals surface area (Å²) in [5.41, 5.74) is 6.27. The van der Waals surface area contributed by atoms with E-state index in [1.54, 1.807) is 13.8 Å². The van der Waals surface area contributed by atoms with E-state index in [4.69, 9.17) is 9.07 Å². The first-order valence-electron chi connectivity index (χ1n) is 11.1. The average Bonchev–Trinajstić information content (AvgIpc) is 3.30. The molecule has 0 spiro atoms. The zero-order valence-electron chi connectivity index (χ0n) is 18.8. The van der Waals surface area contributed by atoms with E-state index in [1.807, 2.05) is 26.0 Å². The summed E-state index contributed by atoms with van der Waals surface area (Å²) in [6.45, 7) is 7.46. The van der Waals surface area contributed by atoms with Crippen LogP contribution in [0.15, 0.2) is 71.1 Å². The van der Waals surface area contributed by atoms with Crippen LogP contribution in [0.3, 0.4) is 0 Å².